The van der Waals surface area contributed by atoms with Crippen molar-refractivity contribution in [1.29, 1.82) is 5.26 Å². The molecule has 0 radical (unpaired) electrons. The van der Waals surface area contributed by atoms with E-state index in [1.807, 2.05) is 6.92 Å². The highest BCUT2D eigenvalue weighted by Gasteiger charge is 2.57. The fourth-order valence-electron chi connectivity index (χ4n) is 8.77. The third kappa shape index (κ3) is 8.74. The highest BCUT2D eigenvalue weighted by Crippen LogP contribution is 2.47. The molecular formula is C42H46F6N4O6S. The zero-order valence-electron chi connectivity index (χ0n) is 32.7. The largest absolute Gasteiger partial charge is 0.490 e. The second kappa shape index (κ2) is 17.0. The fraction of sp³-hybridized carbons (Fsp3) is 0.548. The van der Waals surface area contributed by atoms with E-state index in [-0.39, 0.29) is 63.6 Å². The molecule has 0 unspecified atom stereocenters. The number of nitrogens with zero attached hydrogens (tertiary/aromatic N) is 4. The van der Waals surface area contributed by atoms with E-state index in [9.17, 15) is 46.3 Å². The van der Waals surface area contributed by atoms with Gasteiger partial charge in [0.05, 0.1) is 34.6 Å². The maximum absolute atomic E-state index is 15.1. The van der Waals surface area contributed by atoms with Crippen molar-refractivity contribution >= 4 is 29.1 Å². The number of para-hydroxylation sites is 1. The molecule has 2 amide bonds. The number of halogens is 6. The number of piperidine rings is 2. The molecule has 3 aliphatic rings. The zero-order chi connectivity index (χ0) is 42.8. The smallest absolute Gasteiger partial charge is 0.425 e. The van der Waals surface area contributed by atoms with Crippen LogP contribution < -0.4 is 9.47 Å². The molecule has 0 spiro atoms. The van der Waals surface area contributed by atoms with E-state index in [1.54, 1.807) is 31.2 Å². The number of pyridine rings is 1. The number of hydrogen-bond donors (Lipinski definition) is 1. The molecule has 3 aromatic rings. The van der Waals surface area contributed by atoms with Crippen molar-refractivity contribution in [2.45, 2.75) is 120 Å². The Labute approximate surface area is 342 Å². The molecule has 10 nitrogen and oxygen atoms in total. The molecule has 6 rings (SSSR count). The van der Waals surface area contributed by atoms with Crippen LogP contribution in [0.15, 0.2) is 54.0 Å². The number of ether oxygens (including phenoxy) is 2. The summed E-state index contributed by atoms with van der Waals surface area (Å²) in [6, 6.07) is 10.9. The standard InChI is InChI=1S/C42H46F6N4O6S/c1-3-9-32-40(58-28-24-33(59-25-28)42(46,47)48,16-8-21-52(32)35(53)34-30(41(43,44)45)11-6-20-50-34)36(54)51-22-18-39(26-49,19-23-51)29-10-4-5-12-31(29)57-27(2)13-17-38(37(55)56)14-7-15-38/h4-6,10-12,20,24-25,27,32H,3,7-9,13-19,21-23H2,1-2H3,(H,55,56)/t27-,32+,40-/m0/s1. The van der Waals surface area contributed by atoms with Gasteiger partial charge in [-0.05, 0) is 76.5 Å². The molecule has 0 bridgehead atoms. The Balaban J connectivity index is 1.29. The molecule has 2 saturated heterocycles. The number of carbonyl (C=O) groups is 3. The third-order valence-corrected chi connectivity index (χ3v) is 13.1. The van der Waals surface area contributed by atoms with Gasteiger partial charge in [0.15, 0.2) is 0 Å². The first-order valence-electron chi connectivity index (χ1n) is 19.8. The molecule has 1 N–H and O–H groups in total. The first kappa shape index (κ1) is 43.7. The quantitative estimate of drug-likeness (QED) is 0.168. The topological polar surface area (TPSA) is 133 Å². The van der Waals surface area contributed by atoms with Gasteiger partial charge in [-0.3, -0.25) is 19.4 Å². The predicted molar refractivity (Wildman–Crippen MR) is 204 cm³/mol. The van der Waals surface area contributed by atoms with Crippen molar-refractivity contribution in [3.8, 4) is 17.6 Å². The molecule has 4 heterocycles. The number of aliphatic carboxylic acids is 1. The van der Waals surface area contributed by atoms with Gasteiger partial charge in [0, 0.05) is 49.3 Å². The molecule has 1 saturated carbocycles. The Morgan fingerprint density at radius 2 is 1.71 bits per heavy atom. The average molecular weight is 849 g/mol. The second-order valence-corrected chi connectivity index (χ2v) is 16.7. The first-order chi connectivity index (χ1) is 27.9. The Hall–Kier alpha value is -4.85. The molecule has 3 fully saturated rings. The molecule has 2 aromatic heterocycles. The number of carboxylic acid groups (broad SMARTS) is 1. The molecule has 59 heavy (non-hydrogen) atoms. The van der Waals surface area contributed by atoms with Gasteiger partial charge in [0.1, 0.15) is 22.1 Å². The van der Waals surface area contributed by atoms with Gasteiger partial charge in [0.25, 0.3) is 11.8 Å². The van der Waals surface area contributed by atoms with Gasteiger partial charge in [-0.25, -0.2) is 0 Å². The lowest BCUT2D eigenvalue weighted by Gasteiger charge is -2.51. The van der Waals surface area contributed by atoms with Crippen LogP contribution in [0.2, 0.25) is 0 Å². The van der Waals surface area contributed by atoms with Crippen molar-refractivity contribution in [2.75, 3.05) is 19.6 Å². The van der Waals surface area contributed by atoms with Crippen molar-refractivity contribution in [3.05, 3.63) is 75.7 Å². The van der Waals surface area contributed by atoms with Crippen LogP contribution in [0.1, 0.15) is 111 Å². The summed E-state index contributed by atoms with van der Waals surface area (Å²) < 4.78 is 96.3. The van der Waals surface area contributed by atoms with Crippen molar-refractivity contribution in [1.82, 2.24) is 14.8 Å². The highest BCUT2D eigenvalue weighted by atomic mass is 32.1. The number of alkyl halides is 6. The summed E-state index contributed by atoms with van der Waals surface area (Å²) >= 11 is 0.365. The molecule has 318 valence electrons. The van der Waals surface area contributed by atoms with Gasteiger partial charge in [-0.1, -0.05) is 38.0 Å². The Morgan fingerprint density at radius 1 is 1.00 bits per heavy atom. The number of likely N-dealkylation sites (tertiary alicyclic amines) is 2. The molecule has 1 aliphatic carbocycles. The minimum atomic E-state index is -4.93. The van der Waals surface area contributed by atoms with Crippen LogP contribution in [0.4, 0.5) is 26.3 Å². The predicted octanol–water partition coefficient (Wildman–Crippen LogP) is 9.29. The summed E-state index contributed by atoms with van der Waals surface area (Å²) in [6.45, 7) is 3.55. The second-order valence-electron chi connectivity index (χ2n) is 15.8. The maximum Gasteiger partial charge on any atom is 0.425 e. The number of rotatable bonds is 13. The number of amides is 2. The molecule has 17 heteroatoms. The summed E-state index contributed by atoms with van der Waals surface area (Å²) in [4.78, 5) is 46.5. The highest BCUT2D eigenvalue weighted by molar-refractivity contribution is 7.10. The van der Waals surface area contributed by atoms with Crippen LogP contribution >= 0.6 is 11.3 Å². The van der Waals surface area contributed by atoms with Crippen molar-refractivity contribution in [2.24, 2.45) is 5.41 Å². The Kier molecular flexibility index (Phi) is 12.6. The summed E-state index contributed by atoms with van der Waals surface area (Å²) in [7, 11) is 0. The zero-order valence-corrected chi connectivity index (χ0v) is 33.5. The van der Waals surface area contributed by atoms with E-state index in [0.717, 1.165) is 41.1 Å². The lowest BCUT2D eigenvalue weighted by molar-refractivity contribution is -0.160. The molecule has 1 aromatic carbocycles. The first-order valence-corrected chi connectivity index (χ1v) is 20.7. The van der Waals surface area contributed by atoms with E-state index in [2.05, 4.69) is 11.1 Å². The van der Waals surface area contributed by atoms with Crippen LogP contribution in [-0.2, 0) is 27.4 Å². The van der Waals surface area contributed by atoms with Crippen LogP contribution in [-0.4, -0.2) is 75.1 Å². The molecule has 3 atom stereocenters. The van der Waals surface area contributed by atoms with Gasteiger partial charge in [-0.2, -0.15) is 31.6 Å². The number of hydrogen-bond acceptors (Lipinski definition) is 8. The number of carboxylic acids is 1. The van der Waals surface area contributed by atoms with Gasteiger partial charge in [-0.15, -0.1) is 11.3 Å². The van der Waals surface area contributed by atoms with Crippen LogP contribution in [0.25, 0.3) is 0 Å². The fourth-order valence-corrected chi connectivity index (χ4v) is 9.45. The number of nitriles is 1. The monoisotopic (exact) mass is 848 g/mol. The van der Waals surface area contributed by atoms with Gasteiger partial charge in [0.2, 0.25) is 5.60 Å². The van der Waals surface area contributed by atoms with Crippen LogP contribution in [0.3, 0.4) is 0 Å². The van der Waals surface area contributed by atoms with Gasteiger partial charge < -0.3 is 24.4 Å². The normalized spacial score (nSPS) is 22.1. The molecular weight excluding hydrogens is 803 g/mol. The number of benzene rings is 1. The van der Waals surface area contributed by atoms with Crippen molar-refractivity contribution < 1.29 is 55.3 Å². The van der Waals surface area contributed by atoms with E-state index in [4.69, 9.17) is 9.47 Å². The Morgan fingerprint density at radius 3 is 2.31 bits per heavy atom. The van der Waals surface area contributed by atoms with E-state index >= 15 is 4.79 Å². The van der Waals surface area contributed by atoms with E-state index in [1.165, 1.54) is 4.90 Å². The van der Waals surface area contributed by atoms with Crippen LogP contribution in [0.5, 0.6) is 11.5 Å². The third-order valence-electron chi connectivity index (χ3n) is 12.2. The number of aromatic nitrogens is 1. The summed E-state index contributed by atoms with van der Waals surface area (Å²) in [5.41, 5.74) is -5.42. The van der Waals surface area contributed by atoms with Gasteiger partial charge >= 0.3 is 18.3 Å². The van der Waals surface area contributed by atoms with E-state index < -0.39 is 68.7 Å². The SMILES string of the molecule is CCC[C@H]1N(C(=O)c2ncccc2C(F)(F)F)CCC[C@@]1(Oc1csc(C(F)(F)F)c1)C(=O)N1CCC(C#N)(c2ccccc2O[C@@H](C)CCC2(C(=O)O)CCC2)CC1. The number of carbonyl (C=O) groups excluding carboxylic acids is 2. The minimum absolute atomic E-state index is 0.00517. The minimum Gasteiger partial charge on any atom is -0.490 e. The lowest BCUT2D eigenvalue weighted by atomic mass is 9.66. The number of thiophene rings is 1. The summed E-state index contributed by atoms with van der Waals surface area (Å²) in [5, 5.41) is 21.6. The molecule has 2 aliphatic heterocycles. The average Bonchev–Trinajstić information content (AvgIpc) is 3.67. The lowest BCUT2D eigenvalue weighted by Crippen LogP contribution is -2.68. The van der Waals surface area contributed by atoms with E-state index in [0.29, 0.717) is 54.8 Å². The summed E-state index contributed by atoms with van der Waals surface area (Å²) in [6.07, 6.45) is -5.25. The maximum atomic E-state index is 15.1. The van der Waals surface area contributed by atoms with Crippen LogP contribution in [0, 0.1) is 16.7 Å². The summed E-state index contributed by atoms with van der Waals surface area (Å²) in [5.74, 6) is -2.37. The van der Waals surface area contributed by atoms with Crippen molar-refractivity contribution in [3.63, 3.8) is 0 Å². The Bertz CT molecular complexity index is 2050.